The van der Waals surface area contributed by atoms with Gasteiger partial charge in [-0.05, 0) is 22.8 Å². The van der Waals surface area contributed by atoms with Gasteiger partial charge in [-0.3, -0.25) is 4.98 Å². The Hall–Kier alpha value is -1.37. The van der Waals surface area contributed by atoms with Crippen LogP contribution in [0.3, 0.4) is 0 Å². The summed E-state index contributed by atoms with van der Waals surface area (Å²) in [5.41, 5.74) is 2.65. The molecule has 0 bridgehead atoms. The van der Waals surface area contributed by atoms with Gasteiger partial charge in [-0.1, -0.05) is 52.0 Å². The molecule has 0 atom stereocenters. The molecular weight excluding hydrogens is 194 g/mol. The number of hydrogen-bond acceptors (Lipinski definition) is 1. The highest BCUT2D eigenvalue weighted by Gasteiger charge is 2.14. The molecule has 1 aromatic heterocycles. The molecule has 0 aliphatic heterocycles. The molecule has 0 saturated heterocycles. The first-order chi connectivity index (χ1) is 7.61. The Labute approximate surface area is 97.5 Å². The zero-order chi connectivity index (χ0) is 11.7. The average Bonchev–Trinajstić information content (AvgIpc) is 2.27. The number of benzene rings is 1. The van der Waals surface area contributed by atoms with Gasteiger partial charge in [0, 0.05) is 17.3 Å². The van der Waals surface area contributed by atoms with Gasteiger partial charge >= 0.3 is 0 Å². The molecule has 1 heterocycles. The van der Waals surface area contributed by atoms with Gasteiger partial charge < -0.3 is 0 Å². The van der Waals surface area contributed by atoms with E-state index in [4.69, 9.17) is 0 Å². The van der Waals surface area contributed by atoms with E-state index in [0.717, 1.165) is 0 Å². The molecule has 0 N–H and O–H groups in total. The molecule has 16 heavy (non-hydrogen) atoms. The minimum atomic E-state index is 0.488. The fourth-order valence-electron chi connectivity index (χ4n) is 2.27. The molecule has 0 amide bonds. The molecule has 2 aromatic rings. The summed E-state index contributed by atoms with van der Waals surface area (Å²) in [6, 6.07) is 8.53. The second-order valence-corrected chi connectivity index (χ2v) is 4.95. The van der Waals surface area contributed by atoms with Crippen LogP contribution in [0.25, 0.3) is 10.8 Å². The summed E-state index contributed by atoms with van der Waals surface area (Å²) >= 11 is 0. The normalized spacial score (nSPS) is 11.6. The maximum absolute atomic E-state index is 4.63. The lowest BCUT2D eigenvalue weighted by molar-refractivity contribution is 0.765. The predicted octanol–water partition coefficient (Wildman–Crippen LogP) is 4.48. The second-order valence-electron chi connectivity index (χ2n) is 4.95. The molecule has 0 fully saturated rings. The van der Waals surface area contributed by atoms with Crippen molar-refractivity contribution in [2.45, 2.75) is 39.5 Å². The summed E-state index contributed by atoms with van der Waals surface area (Å²) in [6.45, 7) is 8.91. The van der Waals surface area contributed by atoms with Gasteiger partial charge in [0.25, 0.3) is 0 Å². The maximum atomic E-state index is 4.63. The van der Waals surface area contributed by atoms with Crippen molar-refractivity contribution in [3.63, 3.8) is 0 Å². The van der Waals surface area contributed by atoms with Crippen LogP contribution in [0.2, 0.25) is 0 Å². The van der Waals surface area contributed by atoms with E-state index in [1.54, 1.807) is 0 Å². The van der Waals surface area contributed by atoms with Gasteiger partial charge in [0.05, 0.1) is 0 Å². The van der Waals surface area contributed by atoms with Crippen LogP contribution in [0.1, 0.15) is 50.8 Å². The van der Waals surface area contributed by atoms with E-state index in [-0.39, 0.29) is 0 Å². The Morgan fingerprint density at radius 3 is 2.25 bits per heavy atom. The Kier molecular flexibility index (Phi) is 2.95. The van der Waals surface area contributed by atoms with E-state index in [9.17, 15) is 0 Å². The van der Waals surface area contributed by atoms with Gasteiger partial charge in [-0.2, -0.15) is 0 Å². The van der Waals surface area contributed by atoms with Crippen LogP contribution in [0.15, 0.2) is 30.5 Å². The van der Waals surface area contributed by atoms with E-state index < -0.39 is 0 Å². The maximum Gasteiger partial charge on any atom is 0.0469 e. The summed E-state index contributed by atoms with van der Waals surface area (Å²) in [5.74, 6) is 1.01. The van der Waals surface area contributed by atoms with Crippen LogP contribution in [-0.2, 0) is 0 Å². The molecule has 0 radical (unpaired) electrons. The molecule has 0 unspecified atom stereocenters. The fourth-order valence-corrected chi connectivity index (χ4v) is 2.27. The van der Waals surface area contributed by atoms with Gasteiger partial charge in [0.1, 0.15) is 0 Å². The van der Waals surface area contributed by atoms with Crippen LogP contribution >= 0.6 is 0 Å². The summed E-state index contributed by atoms with van der Waals surface area (Å²) in [4.78, 5) is 4.63. The number of rotatable bonds is 2. The lowest BCUT2D eigenvalue weighted by Gasteiger charge is -2.17. The molecule has 1 nitrogen and oxygen atoms in total. The average molecular weight is 213 g/mol. The van der Waals surface area contributed by atoms with Crippen molar-refractivity contribution in [2.24, 2.45) is 0 Å². The van der Waals surface area contributed by atoms with E-state index in [2.05, 4.69) is 56.9 Å². The standard InChI is InChI=1S/C15H19N/c1-10(2)14-13-8-6-5-7-12(13)9-16-15(14)11(3)4/h5-11H,1-4H3. The highest BCUT2D eigenvalue weighted by molar-refractivity contribution is 5.86. The van der Waals surface area contributed by atoms with Crippen molar-refractivity contribution >= 4 is 10.8 Å². The fraction of sp³-hybridized carbons (Fsp3) is 0.400. The summed E-state index contributed by atoms with van der Waals surface area (Å²) in [5, 5.41) is 2.60. The lowest BCUT2D eigenvalue weighted by Crippen LogP contribution is -2.02. The monoisotopic (exact) mass is 213 g/mol. The largest absolute Gasteiger partial charge is 0.260 e. The molecular formula is C15H19N. The highest BCUT2D eigenvalue weighted by atomic mass is 14.7. The number of hydrogen-bond donors (Lipinski definition) is 0. The minimum Gasteiger partial charge on any atom is -0.260 e. The molecule has 0 saturated carbocycles. The SMILES string of the molecule is CC(C)c1ncc2ccccc2c1C(C)C. The van der Waals surface area contributed by atoms with Crippen molar-refractivity contribution in [2.75, 3.05) is 0 Å². The van der Waals surface area contributed by atoms with Crippen molar-refractivity contribution in [1.29, 1.82) is 0 Å². The Morgan fingerprint density at radius 1 is 0.938 bits per heavy atom. The molecule has 1 aromatic carbocycles. The first-order valence-corrected chi connectivity index (χ1v) is 5.98. The summed E-state index contributed by atoms with van der Waals surface area (Å²) in [7, 11) is 0. The zero-order valence-electron chi connectivity index (χ0n) is 10.5. The Morgan fingerprint density at radius 2 is 1.62 bits per heavy atom. The van der Waals surface area contributed by atoms with Crippen LogP contribution in [0.5, 0.6) is 0 Å². The van der Waals surface area contributed by atoms with Crippen LogP contribution in [0, 0.1) is 0 Å². The summed E-state index contributed by atoms with van der Waals surface area (Å²) in [6.07, 6.45) is 2.00. The van der Waals surface area contributed by atoms with Crippen molar-refractivity contribution in [3.8, 4) is 0 Å². The van der Waals surface area contributed by atoms with Gasteiger partial charge in [0.15, 0.2) is 0 Å². The third-order valence-corrected chi connectivity index (χ3v) is 2.99. The van der Waals surface area contributed by atoms with Gasteiger partial charge in [-0.25, -0.2) is 0 Å². The van der Waals surface area contributed by atoms with Crippen LogP contribution in [0.4, 0.5) is 0 Å². The Bertz CT molecular complexity index is 498. The molecule has 84 valence electrons. The van der Waals surface area contributed by atoms with E-state index in [1.807, 2.05) is 6.20 Å². The third kappa shape index (κ3) is 1.82. The van der Waals surface area contributed by atoms with Crippen molar-refractivity contribution < 1.29 is 0 Å². The van der Waals surface area contributed by atoms with Crippen molar-refractivity contribution in [3.05, 3.63) is 41.7 Å². The van der Waals surface area contributed by atoms with Crippen LogP contribution in [-0.4, -0.2) is 4.98 Å². The molecule has 0 aliphatic carbocycles. The third-order valence-electron chi connectivity index (χ3n) is 2.99. The van der Waals surface area contributed by atoms with E-state index >= 15 is 0 Å². The number of pyridine rings is 1. The first kappa shape index (κ1) is 11.1. The molecule has 2 rings (SSSR count). The van der Waals surface area contributed by atoms with Crippen molar-refractivity contribution in [1.82, 2.24) is 4.98 Å². The van der Waals surface area contributed by atoms with Gasteiger partial charge in [0.2, 0.25) is 0 Å². The zero-order valence-corrected chi connectivity index (χ0v) is 10.5. The lowest BCUT2D eigenvalue weighted by atomic mass is 9.91. The molecule has 0 spiro atoms. The van der Waals surface area contributed by atoms with Crippen LogP contribution < -0.4 is 0 Å². The number of fused-ring (bicyclic) bond motifs is 1. The summed E-state index contributed by atoms with van der Waals surface area (Å²) < 4.78 is 0. The Balaban J connectivity index is 2.79. The van der Waals surface area contributed by atoms with E-state index in [0.29, 0.717) is 11.8 Å². The number of aromatic nitrogens is 1. The second kappa shape index (κ2) is 4.25. The van der Waals surface area contributed by atoms with E-state index in [1.165, 1.54) is 22.0 Å². The minimum absolute atomic E-state index is 0.488. The smallest absolute Gasteiger partial charge is 0.0469 e. The quantitative estimate of drug-likeness (QED) is 0.716. The molecule has 1 heteroatoms. The predicted molar refractivity (Wildman–Crippen MR) is 69.9 cm³/mol. The van der Waals surface area contributed by atoms with Gasteiger partial charge in [-0.15, -0.1) is 0 Å². The highest BCUT2D eigenvalue weighted by Crippen LogP contribution is 2.30. The molecule has 0 aliphatic rings. The first-order valence-electron chi connectivity index (χ1n) is 5.98. The topological polar surface area (TPSA) is 12.9 Å². The number of nitrogens with zero attached hydrogens (tertiary/aromatic N) is 1.